The number of nitrogens with zero attached hydrogens (tertiary/aromatic N) is 2. The predicted octanol–water partition coefficient (Wildman–Crippen LogP) is 2.39. The zero-order chi connectivity index (χ0) is 17.2. The fraction of sp³-hybridized carbons (Fsp3) is 0.444. The molecule has 2 bridgehead atoms. The van der Waals surface area contributed by atoms with E-state index in [4.69, 9.17) is 4.74 Å². The maximum atomic E-state index is 12.5. The van der Waals surface area contributed by atoms with Crippen LogP contribution >= 0.6 is 11.8 Å². The number of aromatic amines is 1. The normalized spacial score (nSPS) is 24.9. The Morgan fingerprint density at radius 3 is 2.68 bits per heavy atom. The van der Waals surface area contributed by atoms with Gasteiger partial charge in [-0.05, 0) is 56.1 Å². The van der Waals surface area contributed by atoms with Crippen LogP contribution in [0.3, 0.4) is 0 Å². The second-order valence-corrected chi connectivity index (χ2v) is 7.72. The maximum Gasteiger partial charge on any atom is 0.294 e. The fourth-order valence-corrected chi connectivity index (χ4v) is 4.39. The minimum absolute atomic E-state index is 0.0264. The Bertz CT molecular complexity index is 738. The molecule has 6 nitrogen and oxygen atoms in total. The summed E-state index contributed by atoms with van der Waals surface area (Å²) in [5.74, 6) is 0.664. The minimum atomic E-state index is 0.0264. The Balaban J connectivity index is 1.37. The van der Waals surface area contributed by atoms with E-state index < -0.39 is 0 Å². The van der Waals surface area contributed by atoms with E-state index in [-0.39, 0.29) is 5.91 Å². The lowest BCUT2D eigenvalue weighted by atomic mass is 9.84. The molecule has 0 aliphatic carbocycles. The van der Waals surface area contributed by atoms with Crippen LogP contribution in [-0.4, -0.2) is 53.6 Å². The zero-order valence-corrected chi connectivity index (χ0v) is 15.0. The monoisotopic (exact) mass is 358 g/mol. The topological polar surface area (TPSA) is 70.2 Å². The Kier molecular flexibility index (Phi) is 4.67. The Morgan fingerprint density at radius 1 is 1.32 bits per heavy atom. The molecule has 1 aromatic carbocycles. The van der Waals surface area contributed by atoms with Gasteiger partial charge in [0.15, 0.2) is 0 Å². The fourth-order valence-electron chi connectivity index (χ4n) is 3.62. The highest BCUT2D eigenvalue weighted by Crippen LogP contribution is 2.29. The molecular weight excluding hydrogens is 336 g/mol. The molecule has 3 aliphatic rings. The summed E-state index contributed by atoms with van der Waals surface area (Å²) in [7, 11) is 1.58. The van der Waals surface area contributed by atoms with Crippen molar-refractivity contribution in [1.82, 2.24) is 20.2 Å². The lowest BCUT2D eigenvalue weighted by molar-refractivity contribution is 0.0620. The van der Waals surface area contributed by atoms with Gasteiger partial charge in [0, 0.05) is 23.0 Å². The molecule has 0 spiro atoms. The minimum Gasteiger partial charge on any atom is -0.468 e. The van der Waals surface area contributed by atoms with E-state index in [9.17, 15) is 4.79 Å². The zero-order valence-electron chi connectivity index (χ0n) is 14.2. The van der Waals surface area contributed by atoms with E-state index in [2.05, 4.69) is 20.2 Å². The summed E-state index contributed by atoms with van der Waals surface area (Å²) in [5.41, 5.74) is 0.711. The standard InChI is InChI=1S/C18H22N4O2S/c1-24-18-19-10-16(21-18)25-14-4-2-13(3-5-14)17(23)20-15-11-22-8-6-12(15)7-9-22/h2-5,10,12,15H,6-9,11H2,1H3,(H,19,21)(H,20,23)/t15-/m0/s1. The first-order valence-electron chi connectivity index (χ1n) is 8.61. The molecule has 25 heavy (non-hydrogen) atoms. The van der Waals surface area contributed by atoms with Gasteiger partial charge >= 0.3 is 0 Å². The average Bonchev–Trinajstić information content (AvgIpc) is 3.11. The van der Waals surface area contributed by atoms with Gasteiger partial charge in [-0.15, -0.1) is 0 Å². The van der Waals surface area contributed by atoms with Crippen LogP contribution in [0.1, 0.15) is 23.2 Å². The predicted molar refractivity (Wildman–Crippen MR) is 96.1 cm³/mol. The van der Waals surface area contributed by atoms with E-state index in [0.29, 0.717) is 23.5 Å². The third kappa shape index (κ3) is 3.67. The number of piperidine rings is 3. The summed E-state index contributed by atoms with van der Waals surface area (Å²) in [6, 6.07) is 8.48. The Labute approximate surface area is 151 Å². The number of methoxy groups -OCH3 is 1. The summed E-state index contributed by atoms with van der Waals surface area (Å²) in [6.07, 6.45) is 4.14. The highest BCUT2D eigenvalue weighted by Gasteiger charge is 2.34. The highest BCUT2D eigenvalue weighted by atomic mass is 32.2. The van der Waals surface area contributed by atoms with Crippen LogP contribution < -0.4 is 10.1 Å². The molecule has 1 atom stereocenters. The summed E-state index contributed by atoms with van der Waals surface area (Å²) in [4.78, 5) is 23.2. The Hall–Kier alpha value is -1.99. The molecule has 0 radical (unpaired) electrons. The number of ether oxygens (including phenoxy) is 1. The van der Waals surface area contributed by atoms with Crippen molar-refractivity contribution in [2.75, 3.05) is 26.7 Å². The van der Waals surface area contributed by atoms with Gasteiger partial charge in [0.1, 0.15) is 0 Å². The van der Waals surface area contributed by atoms with E-state index in [1.54, 1.807) is 25.1 Å². The van der Waals surface area contributed by atoms with Gasteiger partial charge in [-0.1, -0.05) is 11.8 Å². The second kappa shape index (κ2) is 7.09. The van der Waals surface area contributed by atoms with Crippen molar-refractivity contribution >= 4 is 17.7 Å². The smallest absolute Gasteiger partial charge is 0.294 e. The molecule has 3 saturated heterocycles. The SMILES string of the molecule is COc1ncc(Sc2ccc(C(=O)N[C@H]3CN4CCC3CC4)cc2)[nH]1. The van der Waals surface area contributed by atoms with E-state index in [0.717, 1.165) is 16.5 Å². The van der Waals surface area contributed by atoms with Crippen LogP contribution in [0.4, 0.5) is 0 Å². The van der Waals surface area contributed by atoms with Crippen molar-refractivity contribution in [2.45, 2.75) is 28.8 Å². The first-order valence-corrected chi connectivity index (χ1v) is 9.43. The molecule has 3 aliphatic heterocycles. The Morgan fingerprint density at radius 2 is 2.08 bits per heavy atom. The third-order valence-corrected chi connectivity index (χ3v) is 5.97. The van der Waals surface area contributed by atoms with E-state index >= 15 is 0 Å². The highest BCUT2D eigenvalue weighted by molar-refractivity contribution is 7.99. The van der Waals surface area contributed by atoms with Crippen LogP contribution in [0.25, 0.3) is 0 Å². The molecule has 4 heterocycles. The van der Waals surface area contributed by atoms with Crippen molar-refractivity contribution < 1.29 is 9.53 Å². The number of hydrogen-bond acceptors (Lipinski definition) is 5. The largest absolute Gasteiger partial charge is 0.468 e. The van der Waals surface area contributed by atoms with Crippen LogP contribution in [0.2, 0.25) is 0 Å². The second-order valence-electron chi connectivity index (χ2n) is 6.60. The van der Waals surface area contributed by atoms with Crippen molar-refractivity contribution in [1.29, 1.82) is 0 Å². The molecule has 3 fully saturated rings. The molecule has 1 amide bonds. The van der Waals surface area contributed by atoms with Crippen LogP contribution in [0, 0.1) is 5.92 Å². The maximum absolute atomic E-state index is 12.5. The summed E-state index contributed by atoms with van der Waals surface area (Å²) in [5, 5.41) is 4.13. The van der Waals surface area contributed by atoms with Crippen LogP contribution in [0.15, 0.2) is 40.4 Å². The number of carbonyl (C=O) groups excluding carboxylic acids is 1. The number of H-pyrrole nitrogens is 1. The molecular formula is C18H22N4O2S. The van der Waals surface area contributed by atoms with Crippen molar-refractivity contribution in [3.63, 3.8) is 0 Å². The van der Waals surface area contributed by atoms with Crippen molar-refractivity contribution in [3.05, 3.63) is 36.0 Å². The number of fused-ring (bicyclic) bond motifs is 3. The van der Waals surface area contributed by atoms with Gasteiger partial charge in [-0.2, -0.15) is 0 Å². The first kappa shape index (κ1) is 16.5. The molecule has 1 aromatic heterocycles. The summed E-state index contributed by atoms with van der Waals surface area (Å²) in [6.45, 7) is 3.36. The number of carbonyl (C=O) groups is 1. The van der Waals surface area contributed by atoms with E-state index in [1.165, 1.54) is 25.9 Å². The number of rotatable bonds is 5. The van der Waals surface area contributed by atoms with E-state index in [1.807, 2.05) is 24.3 Å². The average molecular weight is 358 g/mol. The number of benzene rings is 1. The number of imidazole rings is 1. The van der Waals surface area contributed by atoms with Gasteiger partial charge in [0.2, 0.25) is 0 Å². The quantitative estimate of drug-likeness (QED) is 0.859. The molecule has 132 valence electrons. The van der Waals surface area contributed by atoms with Gasteiger partial charge in [-0.3, -0.25) is 4.79 Å². The molecule has 7 heteroatoms. The number of aromatic nitrogens is 2. The van der Waals surface area contributed by atoms with Crippen molar-refractivity contribution in [2.24, 2.45) is 5.92 Å². The van der Waals surface area contributed by atoms with Crippen LogP contribution in [0.5, 0.6) is 6.01 Å². The lowest BCUT2D eigenvalue weighted by Crippen LogP contribution is -2.57. The van der Waals surface area contributed by atoms with Crippen LogP contribution in [-0.2, 0) is 0 Å². The van der Waals surface area contributed by atoms with Gasteiger partial charge in [0.25, 0.3) is 11.9 Å². The molecule has 0 saturated carbocycles. The summed E-state index contributed by atoms with van der Waals surface area (Å²) < 4.78 is 5.04. The molecule has 0 unspecified atom stereocenters. The molecule has 5 rings (SSSR count). The van der Waals surface area contributed by atoms with Crippen molar-refractivity contribution in [3.8, 4) is 6.01 Å². The number of amides is 1. The number of hydrogen-bond donors (Lipinski definition) is 2. The molecule has 2 N–H and O–H groups in total. The van der Waals surface area contributed by atoms with Gasteiger partial charge < -0.3 is 19.9 Å². The molecule has 2 aromatic rings. The van der Waals surface area contributed by atoms with Gasteiger partial charge in [0.05, 0.1) is 18.3 Å². The van der Waals surface area contributed by atoms with Gasteiger partial charge in [-0.25, -0.2) is 4.98 Å². The summed E-state index contributed by atoms with van der Waals surface area (Å²) >= 11 is 1.55. The first-order chi connectivity index (χ1) is 12.2. The third-order valence-electron chi connectivity index (χ3n) is 5.04. The number of nitrogens with one attached hydrogen (secondary N) is 2. The lowest BCUT2D eigenvalue weighted by Gasteiger charge is -2.44.